The van der Waals surface area contributed by atoms with Crippen LogP contribution in [0, 0.1) is 11.6 Å². The summed E-state index contributed by atoms with van der Waals surface area (Å²) >= 11 is 0. The van der Waals surface area contributed by atoms with Gasteiger partial charge in [-0.1, -0.05) is 6.07 Å². The average molecular weight is 312 g/mol. The van der Waals surface area contributed by atoms with Crippen molar-refractivity contribution in [3.8, 4) is 0 Å². The van der Waals surface area contributed by atoms with E-state index >= 15 is 0 Å². The van der Waals surface area contributed by atoms with E-state index in [4.69, 9.17) is 0 Å². The first-order valence-corrected chi connectivity index (χ1v) is 7.54. The molecule has 0 saturated carbocycles. The number of hydrogen-bond donors (Lipinski definition) is 1. The molecule has 7 heteroatoms. The number of nitrogens with one attached hydrogen (secondary N) is 1. The molecule has 0 aliphatic heterocycles. The number of rotatable bonds is 4. The minimum Gasteiger partial charge on any atom is -0.378 e. The predicted octanol–water partition coefficient (Wildman–Crippen LogP) is 2.83. The van der Waals surface area contributed by atoms with Crippen LogP contribution in [-0.4, -0.2) is 22.5 Å². The van der Waals surface area contributed by atoms with Crippen LogP contribution in [-0.2, 0) is 10.0 Å². The first-order chi connectivity index (χ1) is 9.81. The number of nitrogens with zero attached hydrogens (tertiary/aromatic N) is 1. The molecular formula is C14H14F2N2O2S. The van der Waals surface area contributed by atoms with E-state index in [0.29, 0.717) is 0 Å². The van der Waals surface area contributed by atoms with Gasteiger partial charge in [-0.2, -0.15) is 0 Å². The average Bonchev–Trinajstić information content (AvgIpc) is 2.38. The Morgan fingerprint density at radius 2 is 1.48 bits per heavy atom. The van der Waals surface area contributed by atoms with E-state index < -0.39 is 26.6 Å². The lowest BCUT2D eigenvalue weighted by Gasteiger charge is -2.14. The van der Waals surface area contributed by atoms with Crippen molar-refractivity contribution in [2.24, 2.45) is 0 Å². The van der Waals surface area contributed by atoms with Crippen molar-refractivity contribution in [3.05, 3.63) is 54.1 Å². The Hall–Kier alpha value is -2.15. The van der Waals surface area contributed by atoms with Gasteiger partial charge < -0.3 is 4.90 Å². The lowest BCUT2D eigenvalue weighted by atomic mass is 10.3. The molecule has 0 saturated heterocycles. The van der Waals surface area contributed by atoms with Gasteiger partial charge in [-0.25, -0.2) is 17.2 Å². The molecule has 0 spiro atoms. The molecule has 0 bridgehead atoms. The predicted molar refractivity (Wildman–Crippen MR) is 77.9 cm³/mol. The van der Waals surface area contributed by atoms with Crippen molar-refractivity contribution >= 4 is 21.4 Å². The van der Waals surface area contributed by atoms with E-state index in [-0.39, 0.29) is 5.69 Å². The second kappa shape index (κ2) is 5.69. The fraction of sp³-hybridized carbons (Fsp3) is 0.143. The third-order valence-electron chi connectivity index (χ3n) is 2.82. The molecule has 0 radical (unpaired) electrons. The molecule has 0 fully saturated rings. The van der Waals surface area contributed by atoms with E-state index in [0.717, 1.165) is 23.9 Å². The monoisotopic (exact) mass is 312 g/mol. The zero-order valence-corrected chi connectivity index (χ0v) is 12.3. The van der Waals surface area contributed by atoms with Gasteiger partial charge in [0.25, 0.3) is 10.0 Å². The fourth-order valence-corrected chi connectivity index (χ4v) is 2.97. The summed E-state index contributed by atoms with van der Waals surface area (Å²) in [5, 5.41) is 0. The van der Waals surface area contributed by atoms with Gasteiger partial charge in [0.2, 0.25) is 0 Å². The third-order valence-corrected chi connectivity index (χ3v) is 4.26. The molecule has 0 aromatic heterocycles. The molecule has 0 aliphatic rings. The molecular weight excluding hydrogens is 298 g/mol. The minimum atomic E-state index is -4.32. The van der Waals surface area contributed by atoms with Crippen molar-refractivity contribution in [1.82, 2.24) is 0 Å². The standard InChI is InChI=1S/C14H14F2N2O2S/c1-18(2)11-8-6-10(7-9-11)17-21(19,20)14-12(15)4-3-5-13(14)16/h3-9,17H,1-2H3. The van der Waals surface area contributed by atoms with E-state index in [1.165, 1.54) is 12.1 Å². The summed E-state index contributed by atoms with van der Waals surface area (Å²) in [5.74, 6) is -2.26. The highest BCUT2D eigenvalue weighted by atomic mass is 32.2. The van der Waals surface area contributed by atoms with Crippen molar-refractivity contribution in [1.29, 1.82) is 0 Å². The summed E-state index contributed by atoms with van der Waals surface area (Å²) in [4.78, 5) is 0.858. The maximum absolute atomic E-state index is 13.6. The van der Waals surface area contributed by atoms with Crippen molar-refractivity contribution in [3.63, 3.8) is 0 Å². The molecule has 112 valence electrons. The Morgan fingerprint density at radius 3 is 1.95 bits per heavy atom. The lowest BCUT2D eigenvalue weighted by molar-refractivity contribution is 0.521. The van der Waals surface area contributed by atoms with Crippen LogP contribution in [0.15, 0.2) is 47.4 Å². The molecule has 2 aromatic carbocycles. The Balaban J connectivity index is 2.33. The molecule has 1 N–H and O–H groups in total. The zero-order chi connectivity index (χ0) is 15.6. The van der Waals surface area contributed by atoms with E-state index in [9.17, 15) is 17.2 Å². The third kappa shape index (κ3) is 3.30. The molecule has 2 rings (SSSR count). The van der Waals surface area contributed by atoms with Gasteiger partial charge in [-0.3, -0.25) is 4.72 Å². The molecule has 4 nitrogen and oxygen atoms in total. The second-order valence-electron chi connectivity index (χ2n) is 4.60. The number of anilines is 2. The van der Waals surface area contributed by atoms with Crippen LogP contribution in [0.5, 0.6) is 0 Å². The largest absolute Gasteiger partial charge is 0.378 e. The van der Waals surface area contributed by atoms with Gasteiger partial charge in [0, 0.05) is 25.5 Å². The summed E-state index contributed by atoms with van der Waals surface area (Å²) in [5.41, 5.74) is 1.10. The molecule has 0 unspecified atom stereocenters. The Kier molecular flexibility index (Phi) is 4.13. The summed E-state index contributed by atoms with van der Waals surface area (Å²) in [6, 6.07) is 9.32. The van der Waals surface area contributed by atoms with Crippen molar-refractivity contribution in [2.75, 3.05) is 23.7 Å². The Bertz CT molecular complexity index is 724. The Morgan fingerprint density at radius 1 is 0.952 bits per heavy atom. The van der Waals surface area contributed by atoms with Gasteiger partial charge in [0.05, 0.1) is 0 Å². The van der Waals surface area contributed by atoms with E-state index in [1.807, 2.05) is 19.0 Å². The van der Waals surface area contributed by atoms with Gasteiger partial charge in [-0.05, 0) is 36.4 Å². The second-order valence-corrected chi connectivity index (χ2v) is 6.22. The number of benzene rings is 2. The number of halogens is 2. The SMILES string of the molecule is CN(C)c1ccc(NS(=O)(=O)c2c(F)cccc2F)cc1. The van der Waals surface area contributed by atoms with Crippen LogP contribution in [0.1, 0.15) is 0 Å². The van der Waals surface area contributed by atoms with Crippen LogP contribution >= 0.6 is 0 Å². The summed E-state index contributed by atoms with van der Waals surface area (Å²) in [6.45, 7) is 0. The van der Waals surface area contributed by atoms with Gasteiger partial charge in [-0.15, -0.1) is 0 Å². The summed E-state index contributed by atoms with van der Waals surface area (Å²) in [6.07, 6.45) is 0. The van der Waals surface area contributed by atoms with E-state index in [1.54, 1.807) is 12.1 Å². The maximum Gasteiger partial charge on any atom is 0.267 e. The van der Waals surface area contributed by atoms with Crippen LogP contribution in [0.4, 0.5) is 20.2 Å². The lowest BCUT2D eigenvalue weighted by Crippen LogP contribution is -2.16. The maximum atomic E-state index is 13.6. The number of hydrogen-bond acceptors (Lipinski definition) is 3. The van der Waals surface area contributed by atoms with E-state index in [2.05, 4.69) is 4.72 Å². The molecule has 0 heterocycles. The number of sulfonamides is 1. The highest BCUT2D eigenvalue weighted by molar-refractivity contribution is 7.92. The normalized spacial score (nSPS) is 11.2. The van der Waals surface area contributed by atoms with Crippen LogP contribution in [0.25, 0.3) is 0 Å². The highest BCUT2D eigenvalue weighted by Gasteiger charge is 2.23. The topological polar surface area (TPSA) is 49.4 Å². The molecule has 0 amide bonds. The van der Waals surface area contributed by atoms with Gasteiger partial charge >= 0.3 is 0 Å². The first-order valence-electron chi connectivity index (χ1n) is 6.05. The fourth-order valence-electron chi connectivity index (χ4n) is 1.77. The summed E-state index contributed by atoms with van der Waals surface area (Å²) < 4.78 is 53.4. The van der Waals surface area contributed by atoms with Gasteiger partial charge in [0.1, 0.15) is 11.6 Å². The minimum absolute atomic E-state index is 0.225. The van der Waals surface area contributed by atoms with Crippen LogP contribution in [0.2, 0.25) is 0 Å². The summed E-state index contributed by atoms with van der Waals surface area (Å²) in [7, 11) is -0.639. The first kappa shape index (κ1) is 15.2. The smallest absolute Gasteiger partial charge is 0.267 e. The molecule has 2 aromatic rings. The van der Waals surface area contributed by atoms with Crippen molar-refractivity contribution in [2.45, 2.75) is 4.90 Å². The molecule has 0 aliphatic carbocycles. The quantitative estimate of drug-likeness (QED) is 0.944. The zero-order valence-electron chi connectivity index (χ0n) is 11.5. The van der Waals surface area contributed by atoms with Gasteiger partial charge in [0.15, 0.2) is 4.90 Å². The molecule has 0 atom stereocenters. The van der Waals surface area contributed by atoms with Crippen LogP contribution in [0.3, 0.4) is 0 Å². The Labute approximate surface area is 122 Å². The van der Waals surface area contributed by atoms with Crippen LogP contribution < -0.4 is 9.62 Å². The van der Waals surface area contributed by atoms with Crippen molar-refractivity contribution < 1.29 is 17.2 Å². The highest BCUT2D eigenvalue weighted by Crippen LogP contribution is 2.23. The molecule has 21 heavy (non-hydrogen) atoms.